The highest BCUT2D eigenvalue weighted by atomic mass is 16.3. The van der Waals surface area contributed by atoms with Crippen molar-refractivity contribution in [3.05, 3.63) is 23.8 Å². The van der Waals surface area contributed by atoms with Crippen LogP contribution in [0, 0.1) is 0 Å². The average molecular weight is 138 g/mol. The molecule has 1 aromatic rings. The maximum Gasteiger partial charge on any atom is 0.0702 e. The minimum atomic E-state index is -0.0587. The molecule has 5 N–H and O–H groups in total. The third-order valence-corrected chi connectivity index (χ3v) is 1.34. The van der Waals surface area contributed by atoms with Crippen molar-refractivity contribution in [2.75, 3.05) is 11.5 Å². The largest absolute Gasteiger partial charge is 0.399 e. The summed E-state index contributed by atoms with van der Waals surface area (Å²) in [7, 11) is 0. The summed E-state index contributed by atoms with van der Waals surface area (Å²) in [6.45, 7) is -0.0587. The highest BCUT2D eigenvalue weighted by molar-refractivity contribution is 5.54. The fraction of sp³-hybridized carbons (Fsp3) is 0.143. The summed E-state index contributed by atoms with van der Waals surface area (Å²) in [6.07, 6.45) is 0. The maximum absolute atomic E-state index is 8.71. The fourth-order valence-corrected chi connectivity index (χ4v) is 0.763. The molecule has 0 aliphatic heterocycles. The number of benzene rings is 1. The van der Waals surface area contributed by atoms with E-state index in [2.05, 4.69) is 0 Å². The second-order valence-corrected chi connectivity index (χ2v) is 2.12. The van der Waals surface area contributed by atoms with Crippen LogP contribution in [0.3, 0.4) is 0 Å². The number of aliphatic hydroxyl groups is 1. The molecule has 0 saturated heterocycles. The monoisotopic (exact) mass is 138 g/mol. The van der Waals surface area contributed by atoms with E-state index in [1.807, 2.05) is 0 Å². The molecule has 1 aromatic carbocycles. The molecule has 10 heavy (non-hydrogen) atoms. The Morgan fingerprint density at radius 3 is 2.50 bits per heavy atom. The van der Waals surface area contributed by atoms with E-state index in [1.54, 1.807) is 18.2 Å². The quantitative estimate of drug-likeness (QED) is 0.490. The molecule has 3 heteroatoms. The van der Waals surface area contributed by atoms with Crippen LogP contribution < -0.4 is 11.5 Å². The minimum absolute atomic E-state index is 0.0587. The van der Waals surface area contributed by atoms with Crippen molar-refractivity contribution in [3.63, 3.8) is 0 Å². The molecule has 0 aromatic heterocycles. The highest BCUT2D eigenvalue weighted by Crippen LogP contribution is 2.14. The van der Waals surface area contributed by atoms with Crippen LogP contribution in [0.25, 0.3) is 0 Å². The number of nitrogen functional groups attached to an aromatic ring is 2. The van der Waals surface area contributed by atoms with E-state index in [0.717, 1.165) is 0 Å². The Balaban J connectivity index is 3.09. The summed E-state index contributed by atoms with van der Waals surface area (Å²) in [5, 5.41) is 8.71. The van der Waals surface area contributed by atoms with Gasteiger partial charge in [0, 0.05) is 16.9 Å². The van der Waals surface area contributed by atoms with Crippen LogP contribution in [0.2, 0.25) is 0 Å². The van der Waals surface area contributed by atoms with Gasteiger partial charge in [0.05, 0.1) is 6.61 Å². The van der Waals surface area contributed by atoms with Gasteiger partial charge in [0.15, 0.2) is 0 Å². The molecule has 1 rings (SSSR count). The molecule has 0 amide bonds. The lowest BCUT2D eigenvalue weighted by Gasteiger charge is -2.01. The number of aliphatic hydroxyl groups excluding tert-OH is 1. The average Bonchev–Trinajstić information content (AvgIpc) is 1.94. The van der Waals surface area contributed by atoms with Gasteiger partial charge in [-0.1, -0.05) is 0 Å². The second-order valence-electron chi connectivity index (χ2n) is 2.12. The molecule has 0 bridgehead atoms. The first-order valence-electron chi connectivity index (χ1n) is 2.99. The lowest BCUT2D eigenvalue weighted by Crippen LogP contribution is -1.95. The lowest BCUT2D eigenvalue weighted by atomic mass is 10.2. The number of anilines is 2. The first-order chi connectivity index (χ1) is 4.74. The van der Waals surface area contributed by atoms with Crippen LogP contribution in [-0.2, 0) is 6.61 Å². The van der Waals surface area contributed by atoms with Crippen molar-refractivity contribution in [1.82, 2.24) is 0 Å². The summed E-state index contributed by atoms with van der Waals surface area (Å²) in [6, 6.07) is 5.05. The molecule has 0 atom stereocenters. The van der Waals surface area contributed by atoms with Gasteiger partial charge in [-0.2, -0.15) is 0 Å². The normalized spacial score (nSPS) is 9.70. The molecule has 0 radical (unpaired) electrons. The summed E-state index contributed by atoms with van der Waals surface area (Å²) in [4.78, 5) is 0. The van der Waals surface area contributed by atoms with Crippen molar-refractivity contribution < 1.29 is 5.11 Å². The van der Waals surface area contributed by atoms with Crippen LogP contribution >= 0.6 is 0 Å². The molecule has 0 aliphatic rings. The zero-order valence-corrected chi connectivity index (χ0v) is 5.54. The Labute approximate surface area is 59.3 Å². The van der Waals surface area contributed by atoms with Gasteiger partial charge in [0.2, 0.25) is 0 Å². The highest BCUT2D eigenvalue weighted by Gasteiger charge is 1.95. The van der Waals surface area contributed by atoms with E-state index < -0.39 is 0 Å². The van der Waals surface area contributed by atoms with Crippen molar-refractivity contribution >= 4 is 11.4 Å². The molecular formula is C7H10N2O. The van der Waals surface area contributed by atoms with E-state index >= 15 is 0 Å². The van der Waals surface area contributed by atoms with Crippen LogP contribution in [0.15, 0.2) is 18.2 Å². The SMILES string of the molecule is Nc1ccc(N)c(CO)c1. The summed E-state index contributed by atoms with van der Waals surface area (Å²) < 4.78 is 0. The van der Waals surface area contributed by atoms with Gasteiger partial charge in [-0.15, -0.1) is 0 Å². The van der Waals surface area contributed by atoms with Crippen LogP contribution in [-0.4, -0.2) is 5.11 Å². The molecule has 0 spiro atoms. The van der Waals surface area contributed by atoms with Crippen LogP contribution in [0.5, 0.6) is 0 Å². The second kappa shape index (κ2) is 2.58. The van der Waals surface area contributed by atoms with Gasteiger partial charge in [0.1, 0.15) is 0 Å². The summed E-state index contributed by atoms with van der Waals surface area (Å²) in [5.74, 6) is 0. The zero-order valence-electron chi connectivity index (χ0n) is 5.54. The number of nitrogens with two attached hydrogens (primary N) is 2. The van der Waals surface area contributed by atoms with Crippen LogP contribution in [0.4, 0.5) is 11.4 Å². The molecule has 3 nitrogen and oxygen atoms in total. The third-order valence-electron chi connectivity index (χ3n) is 1.34. The number of hydrogen-bond acceptors (Lipinski definition) is 3. The van der Waals surface area contributed by atoms with Gasteiger partial charge in [0.25, 0.3) is 0 Å². The zero-order chi connectivity index (χ0) is 7.56. The smallest absolute Gasteiger partial charge is 0.0702 e. The van der Waals surface area contributed by atoms with E-state index in [0.29, 0.717) is 16.9 Å². The first kappa shape index (κ1) is 6.89. The summed E-state index contributed by atoms with van der Waals surface area (Å²) >= 11 is 0. The Hall–Kier alpha value is -1.22. The maximum atomic E-state index is 8.71. The van der Waals surface area contributed by atoms with E-state index in [1.165, 1.54) is 0 Å². The van der Waals surface area contributed by atoms with Gasteiger partial charge >= 0.3 is 0 Å². The topological polar surface area (TPSA) is 72.3 Å². The van der Waals surface area contributed by atoms with E-state index in [4.69, 9.17) is 16.6 Å². The number of hydrogen-bond donors (Lipinski definition) is 3. The molecule has 0 heterocycles. The predicted octanol–water partition coefficient (Wildman–Crippen LogP) is 0.343. The van der Waals surface area contributed by atoms with E-state index in [9.17, 15) is 0 Å². The molecule has 0 fully saturated rings. The summed E-state index contributed by atoms with van der Waals surface area (Å²) in [5.41, 5.74) is 12.8. The minimum Gasteiger partial charge on any atom is -0.399 e. The first-order valence-corrected chi connectivity index (χ1v) is 2.99. The van der Waals surface area contributed by atoms with Crippen molar-refractivity contribution in [2.45, 2.75) is 6.61 Å². The van der Waals surface area contributed by atoms with E-state index in [-0.39, 0.29) is 6.61 Å². The van der Waals surface area contributed by atoms with Gasteiger partial charge in [-0.05, 0) is 18.2 Å². The van der Waals surface area contributed by atoms with Crippen molar-refractivity contribution in [1.29, 1.82) is 0 Å². The number of rotatable bonds is 1. The third kappa shape index (κ3) is 1.19. The van der Waals surface area contributed by atoms with Crippen LogP contribution in [0.1, 0.15) is 5.56 Å². The Morgan fingerprint density at radius 2 is 2.00 bits per heavy atom. The van der Waals surface area contributed by atoms with Gasteiger partial charge < -0.3 is 16.6 Å². The lowest BCUT2D eigenvalue weighted by molar-refractivity contribution is 0.282. The standard InChI is InChI=1S/C7H10N2O/c8-6-1-2-7(9)5(3-6)4-10/h1-3,10H,4,8-9H2. The van der Waals surface area contributed by atoms with Crippen molar-refractivity contribution in [3.8, 4) is 0 Å². The fourth-order valence-electron chi connectivity index (χ4n) is 0.763. The van der Waals surface area contributed by atoms with Gasteiger partial charge in [-0.3, -0.25) is 0 Å². The van der Waals surface area contributed by atoms with Crippen molar-refractivity contribution in [2.24, 2.45) is 0 Å². The molecule has 0 unspecified atom stereocenters. The Bertz CT molecular complexity index is 235. The molecule has 0 saturated carbocycles. The Kier molecular flexibility index (Phi) is 1.78. The molecular weight excluding hydrogens is 128 g/mol. The molecule has 54 valence electrons. The Morgan fingerprint density at radius 1 is 1.30 bits per heavy atom. The molecule has 0 aliphatic carbocycles. The van der Waals surface area contributed by atoms with Gasteiger partial charge in [-0.25, -0.2) is 0 Å². The predicted molar refractivity (Wildman–Crippen MR) is 41.2 cm³/mol.